The second-order valence-electron chi connectivity index (χ2n) is 17.5. The van der Waals surface area contributed by atoms with Gasteiger partial charge >= 0.3 is 0 Å². The number of hydrogen-bond donors (Lipinski definition) is 1. The van der Waals surface area contributed by atoms with Gasteiger partial charge in [0.1, 0.15) is 0 Å². The topological polar surface area (TPSA) is 21.3 Å². The van der Waals surface area contributed by atoms with Gasteiger partial charge in [0, 0.05) is 22.8 Å². The maximum Gasteiger partial charge on any atom is 0.196 e. The number of anilines is 1. The van der Waals surface area contributed by atoms with Crippen molar-refractivity contribution in [2.75, 3.05) is 5.32 Å². The van der Waals surface area contributed by atoms with Crippen LogP contribution >= 0.6 is 0 Å². The number of nitrogens with one attached hydrogen (secondary N) is 1. The maximum atomic E-state index is 6.76. The normalized spacial score (nSPS) is 19.3. The van der Waals surface area contributed by atoms with Crippen LogP contribution in [0.1, 0.15) is 45.2 Å². The monoisotopic (exact) mass is 789 g/mol. The van der Waals surface area contributed by atoms with Gasteiger partial charge in [-0.3, -0.25) is 0 Å². The van der Waals surface area contributed by atoms with Gasteiger partial charge in [-0.05, 0) is 112 Å². The average molecular weight is 790 g/mol. The molecule has 0 aromatic heterocycles. The zero-order valence-corrected chi connectivity index (χ0v) is 33.8. The fraction of sp³-hybridized carbons (Fsp3) is 0.0667. The summed E-state index contributed by atoms with van der Waals surface area (Å²) in [5.41, 5.74) is 17.6. The third-order valence-corrected chi connectivity index (χ3v) is 14.4. The Morgan fingerprint density at radius 1 is 0.500 bits per heavy atom. The molecule has 1 N–H and O–H groups in total. The molecule has 9 aromatic carbocycles. The highest BCUT2D eigenvalue weighted by atomic mass is 16.5. The van der Waals surface area contributed by atoms with Gasteiger partial charge in [0.2, 0.25) is 0 Å². The van der Waals surface area contributed by atoms with Crippen LogP contribution in [-0.2, 0) is 5.41 Å². The van der Waals surface area contributed by atoms with Crippen molar-refractivity contribution < 1.29 is 4.74 Å². The number of benzene rings is 9. The molecule has 1 spiro atoms. The van der Waals surface area contributed by atoms with E-state index in [2.05, 4.69) is 212 Å². The minimum absolute atomic E-state index is 0.226. The number of fused-ring (bicyclic) bond motifs is 18. The van der Waals surface area contributed by atoms with E-state index in [0.717, 1.165) is 22.4 Å². The Labute approximate surface area is 360 Å². The van der Waals surface area contributed by atoms with E-state index in [0.29, 0.717) is 0 Å². The molecule has 0 bridgehead atoms. The van der Waals surface area contributed by atoms with E-state index in [-0.39, 0.29) is 18.1 Å². The summed E-state index contributed by atoms with van der Waals surface area (Å²) in [6.07, 6.45) is 14.0. The van der Waals surface area contributed by atoms with Crippen LogP contribution in [0.2, 0.25) is 0 Å². The van der Waals surface area contributed by atoms with E-state index in [4.69, 9.17) is 4.74 Å². The summed E-state index contributed by atoms with van der Waals surface area (Å²) < 4.78 is 6.76. The average Bonchev–Trinajstić information content (AvgIpc) is 4.01. The molecule has 9 aromatic rings. The van der Waals surface area contributed by atoms with E-state index >= 15 is 0 Å². The molecular weight excluding hydrogens is 751 g/mol. The molecule has 0 radical (unpaired) electrons. The predicted molar refractivity (Wildman–Crippen MR) is 256 cm³/mol. The molecule has 290 valence electrons. The van der Waals surface area contributed by atoms with Crippen LogP contribution in [0.25, 0.3) is 65.7 Å². The Balaban J connectivity index is 0.956. The maximum absolute atomic E-state index is 6.76. The SMILES string of the molecule is C1=CC2C=C(c3ccc4ccc5ccc6c(c5c4c3)OC(c3ccccc3)N6)C=C(c3ccc4c(c3)C3(c5ccccc5-c5ccccc53)c3c-4ccc4ccccc34)C2C=C1. The highest BCUT2D eigenvalue weighted by molar-refractivity contribution is 6.14. The van der Waals surface area contributed by atoms with E-state index in [1.165, 1.54) is 93.7 Å². The molecule has 0 saturated heterocycles. The molecule has 62 heavy (non-hydrogen) atoms. The Kier molecular flexibility index (Phi) is 6.97. The lowest BCUT2D eigenvalue weighted by Gasteiger charge is -2.33. The number of rotatable bonds is 3. The third-order valence-electron chi connectivity index (χ3n) is 14.4. The van der Waals surface area contributed by atoms with Gasteiger partial charge in [-0.15, -0.1) is 0 Å². The fourth-order valence-corrected chi connectivity index (χ4v) is 11.8. The molecule has 2 heteroatoms. The summed E-state index contributed by atoms with van der Waals surface area (Å²) >= 11 is 0. The molecule has 0 fully saturated rings. The van der Waals surface area contributed by atoms with Gasteiger partial charge in [-0.1, -0.05) is 194 Å². The summed E-state index contributed by atoms with van der Waals surface area (Å²) in [7, 11) is 0. The van der Waals surface area contributed by atoms with Gasteiger partial charge in [0.15, 0.2) is 12.0 Å². The Hall–Kier alpha value is -7.68. The zero-order valence-electron chi connectivity index (χ0n) is 33.8. The van der Waals surface area contributed by atoms with Gasteiger partial charge in [-0.2, -0.15) is 0 Å². The summed E-state index contributed by atoms with van der Waals surface area (Å²) in [6.45, 7) is 0. The zero-order chi connectivity index (χ0) is 40.5. The second kappa shape index (κ2) is 12.7. The lowest BCUT2D eigenvalue weighted by atomic mass is 9.68. The van der Waals surface area contributed by atoms with Crippen LogP contribution in [-0.4, -0.2) is 0 Å². The second-order valence-corrected chi connectivity index (χ2v) is 17.5. The quantitative estimate of drug-likeness (QED) is 0.180. The summed E-state index contributed by atoms with van der Waals surface area (Å²) in [4.78, 5) is 0. The van der Waals surface area contributed by atoms with Crippen molar-refractivity contribution in [3.05, 3.63) is 251 Å². The summed E-state index contributed by atoms with van der Waals surface area (Å²) in [5.74, 6) is 1.38. The van der Waals surface area contributed by atoms with E-state index in [1.54, 1.807) is 0 Å². The van der Waals surface area contributed by atoms with Crippen LogP contribution in [0.15, 0.2) is 212 Å². The smallest absolute Gasteiger partial charge is 0.196 e. The van der Waals surface area contributed by atoms with Gasteiger partial charge in [0.05, 0.1) is 11.1 Å². The molecular formula is C60H39NO. The standard InChI is InChI=1S/C60H39NO/c1-2-13-39(14-3-1)59-61-55-31-28-38-24-22-37-23-25-40(33-51(37)56(38)58(55)62-59)43-32-41-15-5-6-16-44(41)50(34-43)42-27-29-48-49-30-26-36-12-4-7-17-45(36)57(49)60(54(48)35-42)52-20-10-8-18-46(52)47-19-9-11-21-53(47)60/h1-35,41,44,59,61H. The third kappa shape index (κ3) is 4.59. The Morgan fingerprint density at radius 3 is 2.03 bits per heavy atom. The molecule has 1 heterocycles. The molecule has 2 nitrogen and oxygen atoms in total. The summed E-state index contributed by atoms with van der Waals surface area (Å²) in [5, 5.41) is 11.0. The lowest BCUT2D eigenvalue weighted by molar-refractivity contribution is 0.263. The van der Waals surface area contributed by atoms with Crippen molar-refractivity contribution in [1.29, 1.82) is 0 Å². The first-order valence-corrected chi connectivity index (χ1v) is 21.9. The van der Waals surface area contributed by atoms with Crippen LogP contribution < -0.4 is 10.1 Å². The van der Waals surface area contributed by atoms with Crippen molar-refractivity contribution in [3.63, 3.8) is 0 Å². The molecule has 3 atom stereocenters. The van der Waals surface area contributed by atoms with Crippen molar-refractivity contribution >= 4 is 49.2 Å². The van der Waals surface area contributed by atoms with Gasteiger partial charge < -0.3 is 10.1 Å². The van der Waals surface area contributed by atoms with Crippen LogP contribution in [0.3, 0.4) is 0 Å². The molecule has 14 rings (SSSR count). The van der Waals surface area contributed by atoms with Crippen molar-refractivity contribution in [1.82, 2.24) is 0 Å². The molecule has 1 aliphatic heterocycles. The van der Waals surface area contributed by atoms with Gasteiger partial charge in [0.25, 0.3) is 0 Å². The van der Waals surface area contributed by atoms with E-state index in [9.17, 15) is 0 Å². The number of ether oxygens (including phenoxy) is 1. The fourth-order valence-electron chi connectivity index (χ4n) is 11.8. The van der Waals surface area contributed by atoms with Crippen molar-refractivity contribution in [2.45, 2.75) is 11.6 Å². The first-order chi connectivity index (χ1) is 30.7. The largest absolute Gasteiger partial charge is 0.464 e. The lowest BCUT2D eigenvalue weighted by Crippen LogP contribution is -2.26. The minimum atomic E-state index is -0.444. The molecule has 3 unspecified atom stereocenters. The van der Waals surface area contributed by atoms with Gasteiger partial charge in [-0.25, -0.2) is 0 Å². The van der Waals surface area contributed by atoms with Crippen molar-refractivity contribution in [2.24, 2.45) is 11.8 Å². The molecule has 0 saturated carbocycles. The van der Waals surface area contributed by atoms with Crippen LogP contribution in [0.4, 0.5) is 5.69 Å². The first kappa shape index (κ1) is 34.1. The summed E-state index contributed by atoms with van der Waals surface area (Å²) in [6, 6.07) is 65.6. The van der Waals surface area contributed by atoms with Crippen LogP contribution in [0, 0.1) is 11.8 Å². The predicted octanol–water partition coefficient (Wildman–Crippen LogP) is 14.8. The minimum Gasteiger partial charge on any atom is -0.464 e. The first-order valence-electron chi connectivity index (χ1n) is 21.9. The Morgan fingerprint density at radius 2 is 1.16 bits per heavy atom. The van der Waals surface area contributed by atoms with E-state index in [1.807, 2.05) is 6.07 Å². The highest BCUT2D eigenvalue weighted by Crippen LogP contribution is 2.64. The van der Waals surface area contributed by atoms with E-state index < -0.39 is 5.41 Å². The van der Waals surface area contributed by atoms with Crippen LogP contribution in [0.5, 0.6) is 5.75 Å². The molecule has 4 aliphatic carbocycles. The number of hydrogen-bond acceptors (Lipinski definition) is 2. The molecule has 5 aliphatic rings. The highest BCUT2D eigenvalue weighted by Gasteiger charge is 2.52. The number of allylic oxidation sites excluding steroid dienone is 8. The molecule has 0 amide bonds. The Bertz CT molecular complexity index is 3500. The van der Waals surface area contributed by atoms with Crippen molar-refractivity contribution in [3.8, 4) is 28.0 Å².